The van der Waals surface area contributed by atoms with Crippen molar-refractivity contribution in [3.63, 3.8) is 0 Å². The number of alkyl halides is 3. The molecule has 6 nitrogen and oxygen atoms in total. The van der Waals surface area contributed by atoms with Gasteiger partial charge >= 0.3 is 6.18 Å². The fourth-order valence-corrected chi connectivity index (χ4v) is 5.88. The van der Waals surface area contributed by atoms with Crippen LogP contribution >= 0.6 is 0 Å². The SMILES string of the molecule is O=C(N[C@@H](CCN1CC2CN(C(=O)c3ccccc3C(F)(F)F)CC2C1)c1ccccc1)C1CCOC1. The summed E-state index contributed by atoms with van der Waals surface area (Å²) in [6.45, 7) is 4.39. The first-order chi connectivity index (χ1) is 17.8. The van der Waals surface area contributed by atoms with Crippen LogP contribution in [0.4, 0.5) is 13.2 Å². The van der Waals surface area contributed by atoms with Crippen molar-refractivity contribution in [1.82, 2.24) is 15.1 Å². The minimum Gasteiger partial charge on any atom is -0.381 e. The van der Waals surface area contributed by atoms with E-state index in [2.05, 4.69) is 10.2 Å². The van der Waals surface area contributed by atoms with Crippen LogP contribution in [0.3, 0.4) is 0 Å². The number of amides is 2. The molecule has 4 atom stereocenters. The predicted molar refractivity (Wildman–Crippen MR) is 132 cm³/mol. The second-order valence-corrected chi connectivity index (χ2v) is 10.4. The first-order valence-corrected chi connectivity index (χ1v) is 12.9. The average molecular weight is 516 g/mol. The number of nitrogens with one attached hydrogen (secondary N) is 1. The van der Waals surface area contributed by atoms with Crippen LogP contribution in [0.25, 0.3) is 0 Å². The Labute approximate surface area is 214 Å². The Balaban J connectivity index is 1.17. The van der Waals surface area contributed by atoms with Gasteiger partial charge in [-0.1, -0.05) is 42.5 Å². The van der Waals surface area contributed by atoms with Gasteiger partial charge in [0, 0.05) is 39.3 Å². The van der Waals surface area contributed by atoms with Gasteiger partial charge in [-0.25, -0.2) is 0 Å². The third-order valence-corrected chi connectivity index (χ3v) is 7.86. The van der Waals surface area contributed by atoms with E-state index in [1.807, 2.05) is 30.3 Å². The molecule has 37 heavy (non-hydrogen) atoms. The highest BCUT2D eigenvalue weighted by atomic mass is 19.4. The maximum absolute atomic E-state index is 13.4. The fraction of sp³-hybridized carbons (Fsp3) is 0.500. The summed E-state index contributed by atoms with van der Waals surface area (Å²) in [5.41, 5.74) is -0.0907. The van der Waals surface area contributed by atoms with Crippen LogP contribution in [-0.4, -0.2) is 67.6 Å². The summed E-state index contributed by atoms with van der Waals surface area (Å²) in [4.78, 5) is 29.7. The first-order valence-electron chi connectivity index (χ1n) is 12.9. The summed E-state index contributed by atoms with van der Waals surface area (Å²) in [5, 5.41) is 3.22. The molecule has 2 aromatic rings. The molecule has 5 rings (SSSR count). The number of benzene rings is 2. The highest BCUT2D eigenvalue weighted by Gasteiger charge is 2.43. The molecule has 9 heteroatoms. The van der Waals surface area contributed by atoms with E-state index in [1.54, 1.807) is 4.90 Å². The highest BCUT2D eigenvalue weighted by Crippen LogP contribution is 2.36. The van der Waals surface area contributed by atoms with Crippen molar-refractivity contribution in [2.45, 2.75) is 25.1 Å². The average Bonchev–Trinajstić information content (AvgIpc) is 3.63. The minimum absolute atomic E-state index is 0.0259. The molecule has 0 spiro atoms. The monoisotopic (exact) mass is 515 g/mol. The number of carbonyl (C=O) groups is 2. The van der Waals surface area contributed by atoms with Gasteiger partial charge in [0.15, 0.2) is 0 Å². The number of ether oxygens (including phenoxy) is 1. The fourth-order valence-electron chi connectivity index (χ4n) is 5.88. The molecule has 0 aromatic heterocycles. The summed E-state index contributed by atoms with van der Waals surface area (Å²) in [5.74, 6) is -0.150. The van der Waals surface area contributed by atoms with Crippen LogP contribution in [0, 0.1) is 17.8 Å². The van der Waals surface area contributed by atoms with Crippen LogP contribution in [0.5, 0.6) is 0 Å². The maximum atomic E-state index is 13.4. The van der Waals surface area contributed by atoms with Crippen molar-refractivity contribution < 1.29 is 27.5 Å². The van der Waals surface area contributed by atoms with Crippen molar-refractivity contribution >= 4 is 11.8 Å². The van der Waals surface area contributed by atoms with Gasteiger partial charge in [0.2, 0.25) is 5.91 Å². The van der Waals surface area contributed by atoms with E-state index in [0.29, 0.717) is 26.3 Å². The van der Waals surface area contributed by atoms with E-state index in [9.17, 15) is 22.8 Å². The summed E-state index contributed by atoms with van der Waals surface area (Å²) in [7, 11) is 0. The van der Waals surface area contributed by atoms with Gasteiger partial charge in [0.1, 0.15) is 0 Å². The van der Waals surface area contributed by atoms with Crippen molar-refractivity contribution in [2.24, 2.45) is 17.8 Å². The number of halogens is 3. The molecule has 1 N–H and O–H groups in total. The Bertz CT molecular complexity index is 1090. The number of nitrogens with zero attached hydrogens (tertiary/aromatic N) is 2. The quantitative estimate of drug-likeness (QED) is 0.606. The molecule has 198 valence electrons. The van der Waals surface area contributed by atoms with Crippen LogP contribution in [0.1, 0.15) is 40.4 Å². The molecular formula is C28H32F3N3O3. The maximum Gasteiger partial charge on any atom is 0.417 e. The lowest BCUT2D eigenvalue weighted by Crippen LogP contribution is -2.37. The van der Waals surface area contributed by atoms with Gasteiger partial charge in [-0.3, -0.25) is 9.59 Å². The Morgan fingerprint density at radius 1 is 0.973 bits per heavy atom. The van der Waals surface area contributed by atoms with Crippen LogP contribution in [0.15, 0.2) is 54.6 Å². The molecular weight excluding hydrogens is 483 g/mol. The molecule has 2 aromatic carbocycles. The number of hydrogen-bond donors (Lipinski definition) is 1. The molecule has 0 aliphatic carbocycles. The zero-order valence-corrected chi connectivity index (χ0v) is 20.6. The van der Waals surface area contributed by atoms with Gasteiger partial charge in [0.25, 0.3) is 5.91 Å². The summed E-state index contributed by atoms with van der Waals surface area (Å²) in [6, 6.07) is 14.8. The van der Waals surface area contributed by atoms with E-state index >= 15 is 0 Å². The topological polar surface area (TPSA) is 61.9 Å². The number of hydrogen-bond acceptors (Lipinski definition) is 4. The summed E-state index contributed by atoms with van der Waals surface area (Å²) < 4.78 is 45.6. The third-order valence-electron chi connectivity index (χ3n) is 7.86. The molecule has 3 saturated heterocycles. The predicted octanol–water partition coefficient (Wildman–Crippen LogP) is 3.99. The molecule has 3 aliphatic rings. The molecule has 3 unspecified atom stereocenters. The van der Waals surface area contributed by atoms with Crippen molar-refractivity contribution in [2.75, 3.05) is 45.9 Å². The van der Waals surface area contributed by atoms with Crippen molar-refractivity contribution in [3.05, 3.63) is 71.3 Å². The molecule has 3 heterocycles. The Kier molecular flexibility index (Phi) is 7.53. The molecule has 3 aliphatic heterocycles. The minimum atomic E-state index is -4.56. The molecule has 2 amide bonds. The Morgan fingerprint density at radius 2 is 1.65 bits per heavy atom. The molecule has 3 fully saturated rings. The van der Waals surface area contributed by atoms with Gasteiger partial charge in [-0.05, 0) is 42.4 Å². The number of carbonyl (C=O) groups excluding carboxylic acids is 2. The van der Waals surface area contributed by atoms with Crippen molar-refractivity contribution in [1.29, 1.82) is 0 Å². The van der Waals surface area contributed by atoms with E-state index in [-0.39, 0.29) is 35.3 Å². The third kappa shape index (κ3) is 5.83. The Hall–Kier alpha value is -2.91. The lowest BCUT2D eigenvalue weighted by molar-refractivity contribution is -0.138. The first kappa shape index (κ1) is 25.7. The van der Waals surface area contributed by atoms with E-state index in [1.165, 1.54) is 18.2 Å². The van der Waals surface area contributed by atoms with Gasteiger partial charge in [0.05, 0.1) is 29.7 Å². The van der Waals surface area contributed by atoms with Crippen LogP contribution < -0.4 is 5.32 Å². The second kappa shape index (κ2) is 10.8. The zero-order valence-electron chi connectivity index (χ0n) is 20.6. The normalized spacial score (nSPS) is 24.7. The van der Waals surface area contributed by atoms with Gasteiger partial charge < -0.3 is 19.9 Å². The van der Waals surface area contributed by atoms with E-state index in [4.69, 9.17) is 4.74 Å². The Morgan fingerprint density at radius 3 is 2.30 bits per heavy atom. The standard InChI is InChI=1S/C28H32F3N3O3/c29-28(30,31)24-9-5-4-8-23(24)27(36)34-16-21-14-33(15-22(21)17-34)12-10-25(19-6-2-1-3-7-19)32-26(35)20-11-13-37-18-20/h1-9,20-22,25H,10-18H2,(H,32,35)/t20?,21?,22?,25-/m0/s1. The smallest absolute Gasteiger partial charge is 0.381 e. The highest BCUT2D eigenvalue weighted by molar-refractivity contribution is 5.96. The molecule has 0 bridgehead atoms. The van der Waals surface area contributed by atoms with E-state index in [0.717, 1.165) is 44.1 Å². The second-order valence-electron chi connectivity index (χ2n) is 10.4. The lowest BCUT2D eigenvalue weighted by Gasteiger charge is -2.26. The molecule has 0 saturated carbocycles. The summed E-state index contributed by atoms with van der Waals surface area (Å²) >= 11 is 0. The van der Waals surface area contributed by atoms with Gasteiger partial charge in [-0.15, -0.1) is 0 Å². The zero-order chi connectivity index (χ0) is 26.0. The van der Waals surface area contributed by atoms with Crippen LogP contribution in [-0.2, 0) is 15.7 Å². The number of likely N-dealkylation sites (tertiary alicyclic amines) is 2. The van der Waals surface area contributed by atoms with Gasteiger partial charge in [-0.2, -0.15) is 13.2 Å². The van der Waals surface area contributed by atoms with Crippen LogP contribution in [0.2, 0.25) is 0 Å². The summed E-state index contributed by atoms with van der Waals surface area (Å²) in [6.07, 6.45) is -3.07. The van der Waals surface area contributed by atoms with E-state index < -0.39 is 17.6 Å². The lowest BCUT2D eigenvalue weighted by atomic mass is 10.0. The molecule has 0 radical (unpaired) electrons. The number of fused-ring (bicyclic) bond motifs is 1. The van der Waals surface area contributed by atoms with Crippen molar-refractivity contribution in [3.8, 4) is 0 Å². The largest absolute Gasteiger partial charge is 0.417 e. The number of rotatable bonds is 7.